The van der Waals surface area contributed by atoms with Crippen molar-refractivity contribution in [2.45, 2.75) is 18.9 Å². The van der Waals surface area contributed by atoms with Crippen molar-refractivity contribution in [1.29, 1.82) is 0 Å². The molecular weight excluding hydrogens is 278 g/mol. The van der Waals surface area contributed by atoms with Crippen LogP contribution in [0.4, 0.5) is 0 Å². The summed E-state index contributed by atoms with van der Waals surface area (Å²) in [6, 6.07) is 16.7. The fourth-order valence-corrected chi connectivity index (χ4v) is 2.31. The molecule has 0 aliphatic rings. The third-order valence-corrected chi connectivity index (χ3v) is 3.48. The fraction of sp³-hybridized carbons (Fsp3) is 0.278. The van der Waals surface area contributed by atoms with E-state index in [0.29, 0.717) is 19.4 Å². The predicted octanol–water partition coefficient (Wildman–Crippen LogP) is 2.83. The van der Waals surface area contributed by atoms with E-state index in [4.69, 9.17) is 4.74 Å². The predicted molar refractivity (Wildman–Crippen MR) is 85.6 cm³/mol. The number of nitrogens with one attached hydrogen (secondary N) is 1. The number of aromatic hydroxyl groups is 1. The lowest BCUT2D eigenvalue weighted by molar-refractivity contribution is -0.122. The molecule has 2 rings (SSSR count). The fourth-order valence-electron chi connectivity index (χ4n) is 2.31. The molecule has 4 heteroatoms. The highest BCUT2D eigenvalue weighted by molar-refractivity contribution is 5.76. The number of carbonyl (C=O) groups is 1. The molecule has 0 bridgehead atoms. The van der Waals surface area contributed by atoms with Crippen LogP contribution < -0.4 is 5.32 Å². The van der Waals surface area contributed by atoms with Gasteiger partial charge in [0, 0.05) is 13.5 Å². The van der Waals surface area contributed by atoms with Crippen molar-refractivity contribution in [3.8, 4) is 5.75 Å². The Kier molecular flexibility index (Phi) is 5.98. The number of para-hydroxylation sites is 1. The Morgan fingerprint density at radius 3 is 2.50 bits per heavy atom. The Hall–Kier alpha value is -2.33. The molecule has 0 spiro atoms. The summed E-state index contributed by atoms with van der Waals surface area (Å²) in [4.78, 5) is 12.1. The average molecular weight is 299 g/mol. The Bertz CT molecular complexity index is 598. The molecular formula is C18H21NO3. The van der Waals surface area contributed by atoms with Gasteiger partial charge in [0.2, 0.25) is 5.91 Å². The Morgan fingerprint density at radius 1 is 1.14 bits per heavy atom. The zero-order valence-electron chi connectivity index (χ0n) is 12.7. The van der Waals surface area contributed by atoms with Gasteiger partial charge in [0.25, 0.3) is 0 Å². The third-order valence-electron chi connectivity index (χ3n) is 3.48. The second-order valence-corrected chi connectivity index (χ2v) is 5.11. The molecule has 1 atom stereocenters. The van der Waals surface area contributed by atoms with Crippen molar-refractivity contribution >= 4 is 5.91 Å². The summed E-state index contributed by atoms with van der Waals surface area (Å²) in [7, 11) is 1.62. The minimum Gasteiger partial charge on any atom is -0.508 e. The van der Waals surface area contributed by atoms with Crippen LogP contribution in [-0.2, 0) is 16.0 Å². The van der Waals surface area contributed by atoms with E-state index in [1.54, 1.807) is 19.2 Å². The van der Waals surface area contributed by atoms with Crippen LogP contribution in [0.1, 0.15) is 23.6 Å². The van der Waals surface area contributed by atoms with Crippen molar-refractivity contribution in [3.63, 3.8) is 0 Å². The van der Waals surface area contributed by atoms with Crippen molar-refractivity contribution in [2.75, 3.05) is 13.7 Å². The minimum absolute atomic E-state index is 0.0610. The summed E-state index contributed by atoms with van der Waals surface area (Å²) in [6.45, 7) is 0.423. The Labute approximate surface area is 130 Å². The van der Waals surface area contributed by atoms with Crippen molar-refractivity contribution in [3.05, 3.63) is 65.7 Å². The van der Waals surface area contributed by atoms with Gasteiger partial charge in [-0.25, -0.2) is 0 Å². The van der Waals surface area contributed by atoms with Gasteiger partial charge in [0.1, 0.15) is 5.75 Å². The van der Waals surface area contributed by atoms with Crippen LogP contribution in [0.25, 0.3) is 0 Å². The summed E-state index contributed by atoms with van der Waals surface area (Å²) >= 11 is 0. The monoisotopic (exact) mass is 299 g/mol. The van der Waals surface area contributed by atoms with Crippen molar-refractivity contribution < 1.29 is 14.6 Å². The quantitative estimate of drug-likeness (QED) is 0.826. The second kappa shape index (κ2) is 8.20. The Balaban J connectivity index is 1.93. The number of ether oxygens (including phenoxy) is 1. The molecule has 116 valence electrons. The molecule has 0 saturated carbocycles. The third kappa shape index (κ3) is 4.60. The van der Waals surface area contributed by atoms with Crippen LogP contribution in [0.2, 0.25) is 0 Å². The molecule has 2 N–H and O–H groups in total. The van der Waals surface area contributed by atoms with Crippen LogP contribution in [-0.4, -0.2) is 24.7 Å². The Morgan fingerprint density at radius 2 is 1.82 bits per heavy atom. The smallest absolute Gasteiger partial charge is 0.220 e. The van der Waals surface area contributed by atoms with Gasteiger partial charge in [-0.3, -0.25) is 4.79 Å². The summed E-state index contributed by atoms with van der Waals surface area (Å²) in [5, 5.41) is 12.7. The number of hydrogen-bond donors (Lipinski definition) is 2. The molecule has 0 aliphatic carbocycles. The van der Waals surface area contributed by atoms with E-state index in [2.05, 4.69) is 5.32 Å². The summed E-state index contributed by atoms with van der Waals surface area (Å²) in [5.41, 5.74) is 1.79. The lowest BCUT2D eigenvalue weighted by Gasteiger charge is -2.18. The second-order valence-electron chi connectivity index (χ2n) is 5.11. The highest BCUT2D eigenvalue weighted by atomic mass is 16.5. The van der Waals surface area contributed by atoms with Gasteiger partial charge in [-0.05, 0) is 23.6 Å². The summed E-state index contributed by atoms with van der Waals surface area (Å²) in [6.07, 6.45) is 0.831. The molecule has 0 fully saturated rings. The summed E-state index contributed by atoms with van der Waals surface area (Å²) < 4.78 is 5.19. The normalized spacial score (nSPS) is 11.9. The van der Waals surface area contributed by atoms with E-state index in [9.17, 15) is 9.90 Å². The molecule has 4 nitrogen and oxygen atoms in total. The molecule has 0 radical (unpaired) electrons. The van der Waals surface area contributed by atoms with Crippen LogP contribution in [0.15, 0.2) is 54.6 Å². The first-order chi connectivity index (χ1) is 10.7. The van der Waals surface area contributed by atoms with Crippen LogP contribution in [0.3, 0.4) is 0 Å². The van der Waals surface area contributed by atoms with Crippen molar-refractivity contribution in [1.82, 2.24) is 5.32 Å². The number of hydrogen-bond acceptors (Lipinski definition) is 3. The van der Waals surface area contributed by atoms with Crippen LogP contribution in [0.5, 0.6) is 5.75 Å². The number of aryl methyl sites for hydroxylation is 1. The zero-order chi connectivity index (χ0) is 15.8. The number of benzene rings is 2. The first-order valence-electron chi connectivity index (χ1n) is 7.31. The van der Waals surface area contributed by atoms with E-state index >= 15 is 0 Å². The largest absolute Gasteiger partial charge is 0.508 e. The maximum absolute atomic E-state index is 12.1. The molecule has 2 aromatic rings. The van der Waals surface area contributed by atoms with Crippen LogP contribution >= 0.6 is 0 Å². The first kappa shape index (κ1) is 16.0. The van der Waals surface area contributed by atoms with E-state index in [1.807, 2.05) is 42.5 Å². The topological polar surface area (TPSA) is 58.6 Å². The van der Waals surface area contributed by atoms with Gasteiger partial charge >= 0.3 is 0 Å². The lowest BCUT2D eigenvalue weighted by Crippen LogP contribution is -2.31. The van der Waals surface area contributed by atoms with Crippen molar-refractivity contribution in [2.24, 2.45) is 0 Å². The van der Waals surface area contributed by atoms with Gasteiger partial charge in [-0.2, -0.15) is 0 Å². The molecule has 0 aromatic heterocycles. The first-order valence-corrected chi connectivity index (χ1v) is 7.31. The lowest BCUT2D eigenvalue weighted by atomic mass is 10.1. The van der Waals surface area contributed by atoms with E-state index in [0.717, 1.165) is 11.1 Å². The average Bonchev–Trinajstić information content (AvgIpc) is 2.54. The highest BCUT2D eigenvalue weighted by Gasteiger charge is 2.14. The van der Waals surface area contributed by atoms with Gasteiger partial charge in [-0.1, -0.05) is 48.5 Å². The molecule has 0 saturated heterocycles. The SMILES string of the molecule is COC[C@H](NC(=O)CCc1ccccc1O)c1ccccc1. The maximum Gasteiger partial charge on any atom is 0.220 e. The van der Waals surface area contributed by atoms with Gasteiger partial charge in [0.15, 0.2) is 0 Å². The van der Waals surface area contributed by atoms with Gasteiger partial charge in [0.05, 0.1) is 12.6 Å². The molecule has 0 heterocycles. The standard InChI is InChI=1S/C18H21NO3/c1-22-13-16(14-7-3-2-4-8-14)19-18(21)12-11-15-9-5-6-10-17(15)20/h2-10,16,20H,11-13H2,1H3,(H,19,21)/t16-/m0/s1. The number of phenolic OH excluding ortho intramolecular Hbond substituents is 1. The molecule has 2 aromatic carbocycles. The maximum atomic E-state index is 12.1. The molecule has 0 aliphatic heterocycles. The molecule has 1 amide bonds. The number of methoxy groups -OCH3 is 1. The number of rotatable bonds is 7. The summed E-state index contributed by atoms with van der Waals surface area (Å²) in [5.74, 6) is 0.168. The molecule has 22 heavy (non-hydrogen) atoms. The van der Waals surface area contributed by atoms with E-state index < -0.39 is 0 Å². The van der Waals surface area contributed by atoms with Gasteiger partial charge < -0.3 is 15.2 Å². The molecule has 0 unspecified atom stereocenters. The minimum atomic E-state index is -0.164. The van der Waals surface area contributed by atoms with Gasteiger partial charge in [-0.15, -0.1) is 0 Å². The van der Waals surface area contributed by atoms with E-state index in [-0.39, 0.29) is 17.7 Å². The van der Waals surface area contributed by atoms with Crippen LogP contribution in [0, 0.1) is 0 Å². The number of carbonyl (C=O) groups excluding carboxylic acids is 1. The zero-order valence-corrected chi connectivity index (χ0v) is 12.7. The number of phenols is 1. The highest BCUT2D eigenvalue weighted by Crippen LogP contribution is 2.18. The number of amides is 1. The van der Waals surface area contributed by atoms with E-state index in [1.165, 1.54) is 0 Å².